The zero-order valence-corrected chi connectivity index (χ0v) is 67.6. The van der Waals surface area contributed by atoms with Gasteiger partial charge in [0, 0.05) is 207 Å². The Morgan fingerprint density at radius 2 is 0.558 bits per heavy atom. The van der Waals surface area contributed by atoms with E-state index in [2.05, 4.69) is 0 Å². The van der Waals surface area contributed by atoms with Gasteiger partial charge in [0.25, 0.3) is 0 Å². The predicted octanol–water partition coefficient (Wildman–Crippen LogP) is 14.3. The van der Waals surface area contributed by atoms with Gasteiger partial charge in [0.15, 0.2) is 46.0 Å². The van der Waals surface area contributed by atoms with E-state index in [1.807, 2.05) is 0 Å². The van der Waals surface area contributed by atoms with Crippen molar-refractivity contribution in [2.75, 3.05) is 109 Å². The Morgan fingerprint density at radius 3 is 0.742 bits per heavy atom. The minimum absolute atomic E-state index is 0.283. The second-order valence-electron chi connectivity index (χ2n) is 27.7. The molecule has 20 atom stereocenters. The van der Waals surface area contributed by atoms with E-state index < -0.39 is 500 Å². The van der Waals surface area contributed by atoms with Crippen molar-refractivity contribution in [1.29, 1.82) is 0 Å². The van der Waals surface area contributed by atoms with Crippen molar-refractivity contribution in [1.82, 2.24) is 19.6 Å². The molecule has 4 aromatic rings. The highest BCUT2D eigenvalue weighted by molar-refractivity contribution is 5.77. The van der Waals surface area contributed by atoms with Gasteiger partial charge < -0.3 is 79.8 Å². The van der Waals surface area contributed by atoms with Gasteiger partial charge in [0.05, 0.1) is 89.5 Å². The van der Waals surface area contributed by atoms with Gasteiger partial charge in [-0.1, -0.05) is 110 Å². The summed E-state index contributed by atoms with van der Waals surface area (Å²) in [7, 11) is -10.3. The van der Waals surface area contributed by atoms with E-state index in [1.54, 1.807) is 0 Å². The highest BCUT2D eigenvalue weighted by atomic mass is 16.6. The molecule has 120 heavy (non-hydrogen) atoms. The van der Waals surface area contributed by atoms with Crippen LogP contribution in [0, 0.1) is 70.8 Å². The van der Waals surface area contributed by atoms with Crippen molar-refractivity contribution in [2.45, 2.75) is 260 Å². The zero-order chi connectivity index (χ0) is 162. The lowest BCUT2D eigenvalue weighted by Gasteiger charge is -2.47. The van der Waals surface area contributed by atoms with Gasteiger partial charge >= 0.3 is 23.9 Å². The number of piperidine rings is 4. The highest BCUT2D eigenvalue weighted by Gasteiger charge is 2.47. The number of hydrogen-bond donors (Lipinski definition) is 4. The van der Waals surface area contributed by atoms with Gasteiger partial charge in [-0.25, -0.2) is 0 Å². The molecule has 4 fully saturated rings. The minimum atomic E-state index is -4.65. The number of carbonyl (C=O) groups is 4. The van der Waals surface area contributed by atoms with Crippen molar-refractivity contribution in [2.24, 2.45) is 93.8 Å². The van der Waals surface area contributed by atoms with E-state index in [4.69, 9.17) is 162 Å². The molecule has 4 saturated heterocycles. The van der Waals surface area contributed by atoms with Crippen LogP contribution in [0.5, 0.6) is 46.0 Å². The summed E-state index contributed by atoms with van der Waals surface area (Å²) in [6, 6.07) is -29.1. The Kier molecular flexibility index (Phi) is 12.3. The first-order chi connectivity index (χ1) is 89.4. The van der Waals surface area contributed by atoms with Crippen molar-refractivity contribution in [3.8, 4) is 46.0 Å². The molecule has 0 aliphatic carbocycles. The SMILES string of the molecule is [2H]c1c(OC([2H])([2H])[2H])c(OC([2H])([2H])[2H])c([2H])c2c1C1N(C([2H])([2H])C2([2H])[2H])C([2H])([2H])C([2H])(C([2H])([2H])C([2H])(C)C([2H])([2H])[2H])C([2H])(OC(=O)[C@@H](N)C(C)C)C1([2H])[2H].[2H]c1c(OC([2H])([2H])[2H])c(OC)c([2H])c2c1C1N(C([2H])([2H])C2([2H])[2H])C([2H])([2H])C([2H])(C([2H])([2H])C([2H])(C)C([2H])([2H])[2H])C([2H])(OC(=O)[C@@H](N)C(C)C)C1([2H])[2H].[2H]c1c(OC)c(OC([2H])([2H])[2H])c([2H])c2c1C1N(C([2H])([2H])C2([2H])[2H])C([2H])([2H])C([2H])(C([2H])([2H])C([2H])(C)C([2H])([2H])[2H])C([2H])(OC(=O)[C@@H](N)C(C)C)C1([2H])[2H].[2H]c1c(OC)c(OC)c([2H])c2c1C1N(C([2H])([2H])C2([2H])[2H])C([2H])([2H])C([2H])(C([2H])([2H])C([2H])(C)C([2H])([2H])[2H])C([2H])(OC(=O)[C@@H](N)C(C)C)C1([2H])[2H]. The van der Waals surface area contributed by atoms with E-state index in [0.29, 0.717) is 27.7 Å². The molecule has 16 unspecified atom stereocenters. The molecular weight excluding hydrogens is 1520 g/mol. The van der Waals surface area contributed by atoms with E-state index in [1.165, 1.54) is 55.4 Å². The first-order valence-corrected chi connectivity index (χ1v) is 36.1. The maximum atomic E-state index is 13.5. The Bertz CT molecular complexity index is 8140. The smallest absolute Gasteiger partial charge is 0.323 e. The molecule has 8 aliphatic rings. The van der Waals surface area contributed by atoms with Crippen LogP contribution in [0.15, 0.2) is 48.3 Å². The maximum absolute atomic E-state index is 13.5. The lowest BCUT2D eigenvalue weighted by Crippen LogP contribution is -2.51. The fraction of sp³-hybridized carbons (Fsp3) is 0.708. The second kappa shape index (κ2) is 43.9. The van der Waals surface area contributed by atoms with E-state index in [0.717, 1.165) is 28.4 Å². The molecule has 0 amide bonds. The van der Waals surface area contributed by atoms with E-state index in [-0.39, 0.29) is 9.80 Å². The van der Waals surface area contributed by atoms with Crippen LogP contribution in [0.2, 0.25) is 0 Å². The fourth-order valence-corrected chi connectivity index (χ4v) is 10.8. The normalized spacial score (nSPS) is 50.1. The number of rotatable bonds is 28. The van der Waals surface area contributed by atoms with Crippen LogP contribution in [0.4, 0.5) is 0 Å². The fourth-order valence-electron chi connectivity index (χ4n) is 10.8. The number of ether oxygens (including phenoxy) is 12. The first kappa shape index (κ1) is 33.6. The number of nitrogens with two attached hydrogens (primary N) is 4. The molecule has 8 N–H and O–H groups in total. The molecule has 0 spiro atoms. The van der Waals surface area contributed by atoms with Crippen LogP contribution in [0.1, 0.15) is 345 Å². The Balaban J connectivity index is 0.000000294. The van der Waals surface area contributed by atoms with Crippen LogP contribution >= 0.6 is 0 Å². The predicted molar refractivity (Wildman–Crippen MR) is 471 cm³/mol. The molecular formula is C96H152N8O16. The molecule has 8 aliphatic heterocycles. The number of esters is 4. The number of carbonyl (C=O) groups excluding carboxylic acids is 4. The molecule has 12 rings (SSSR count). The van der Waals surface area contributed by atoms with Crippen LogP contribution in [-0.2, 0) is 63.6 Å². The molecule has 4 aromatic carbocycles. The van der Waals surface area contributed by atoms with Gasteiger partial charge in [0.2, 0.25) is 0 Å². The molecule has 0 radical (unpaired) electrons. The third-order valence-electron chi connectivity index (χ3n) is 17.3. The summed E-state index contributed by atoms with van der Waals surface area (Å²) >= 11 is 0. The van der Waals surface area contributed by atoms with Crippen molar-refractivity contribution >= 4 is 23.9 Å². The zero-order valence-electron chi connectivity index (χ0n) is 152. The van der Waals surface area contributed by atoms with Crippen molar-refractivity contribution < 1.29 is 191 Å². The summed E-state index contributed by atoms with van der Waals surface area (Å²) < 4.78 is 787. The molecule has 0 saturated carbocycles. The topological polar surface area (TPSA) is 296 Å². The monoisotopic (exact) mass is 1760 g/mol. The number of benzene rings is 4. The van der Waals surface area contributed by atoms with Gasteiger partial charge in [0.1, 0.15) is 48.5 Å². The third-order valence-corrected chi connectivity index (χ3v) is 17.3. The molecule has 672 valence electrons. The van der Waals surface area contributed by atoms with Crippen LogP contribution in [0.25, 0.3) is 0 Å². The molecule has 24 heteroatoms. The molecule has 24 nitrogen and oxygen atoms in total. The van der Waals surface area contributed by atoms with Gasteiger partial charge in [-0.3, -0.25) is 38.8 Å². The number of methoxy groups -OCH3 is 8. The second-order valence-corrected chi connectivity index (χ2v) is 27.7. The quantitative estimate of drug-likeness (QED) is 0.0303. The largest absolute Gasteiger partial charge is 0.493 e. The average Bonchev–Trinajstić information content (AvgIpc) is 0.643. The summed E-state index contributed by atoms with van der Waals surface area (Å²) in [4.78, 5) is 52.1. The molecule has 8 heterocycles. The van der Waals surface area contributed by atoms with Gasteiger partial charge in [-0.15, -0.1) is 0 Å². The number of hydrogen-bond acceptors (Lipinski definition) is 24. The van der Waals surface area contributed by atoms with E-state index >= 15 is 0 Å². The first-order valence-electron chi connectivity index (χ1n) is 78.1. The van der Waals surface area contributed by atoms with Gasteiger partial charge in [-0.2, -0.15) is 0 Å². The standard InChI is InChI=1S/4C24H38N2O4/c4*1-14(2)9-17-13-26-8-7-16-10-21(28-5)22(29-6)11-18(16)19(26)12-20(17)30-24(27)23(25)15(3)4/h4*10-11,14-15,17,19-20,23H,7-9,12-13,25H2,1-6H3/t4*17?,19?,20?,23-/m0000/s1/i1D3,5D3,6D3,7D2,8D2,9D2,10D,11D,12D2,13D2,14D,17D,20D;1D3,6D3,7D2,8D2,9D2,10D,11D,12D2,13D2,14D,17D,20D;1D3,5D3,7D2,8D2,9D2,10D,11D,12D2,13D2,14D,17D,20D;1D3,7D2,8D2,9D2,10D,11D,12D2,13D2,14D,17D,20D/t4*14?,17?,19?,20?,23-. The Labute approximate surface area is 836 Å². The Hall–Kier alpha value is -7.16. The molecule has 0 aromatic heterocycles. The van der Waals surface area contributed by atoms with Gasteiger partial charge in [-0.05, 0) is 191 Å². The Morgan fingerprint density at radius 1 is 0.367 bits per heavy atom. The molecule has 0 bridgehead atoms. The lowest BCUT2D eigenvalue weighted by atomic mass is 9.79. The van der Waals surface area contributed by atoms with Crippen LogP contribution in [-0.4, -0.2) is 201 Å². The summed E-state index contributed by atoms with van der Waals surface area (Å²) in [5.41, 5.74) is 13.6. The van der Waals surface area contributed by atoms with E-state index in [9.17, 15) is 52.1 Å². The number of fused-ring (bicyclic) bond motifs is 12. The summed E-state index contributed by atoms with van der Waals surface area (Å²) in [5, 5.41) is 0. The van der Waals surface area contributed by atoms with Crippen molar-refractivity contribution in [3.63, 3.8) is 0 Å². The third kappa shape index (κ3) is 23.8. The summed E-state index contributed by atoms with van der Waals surface area (Å²) in [6.45, 7) is -36.5. The average molecular weight is 1760 g/mol. The number of nitrogens with zero attached hydrogens (tertiary/aromatic N) is 4. The lowest BCUT2D eigenvalue weighted by molar-refractivity contribution is -0.161. The summed E-state index contributed by atoms with van der Waals surface area (Å²) in [5.74, 6) is -51.8. The maximum Gasteiger partial charge on any atom is 0.323 e. The summed E-state index contributed by atoms with van der Waals surface area (Å²) in [6.07, 6.45) is -66.7. The van der Waals surface area contributed by atoms with Crippen molar-refractivity contribution in [3.05, 3.63) is 92.8 Å². The minimum Gasteiger partial charge on any atom is -0.493 e. The highest BCUT2D eigenvalue weighted by Crippen LogP contribution is 2.50. The van der Waals surface area contributed by atoms with Crippen LogP contribution in [0.3, 0.4) is 0 Å². The van der Waals surface area contributed by atoms with Crippen LogP contribution < -0.4 is 60.8 Å².